The van der Waals surface area contributed by atoms with Gasteiger partial charge in [0, 0.05) is 38.3 Å². The third-order valence-electron chi connectivity index (χ3n) is 4.01. The molecule has 3 rings (SSSR count). The molecule has 0 saturated heterocycles. The normalized spacial score (nSPS) is 16.7. The van der Waals surface area contributed by atoms with Crippen molar-refractivity contribution in [3.05, 3.63) is 36.0 Å². The maximum absolute atomic E-state index is 11.1. The van der Waals surface area contributed by atoms with Gasteiger partial charge in [0.25, 0.3) is 0 Å². The molecule has 0 aliphatic carbocycles. The topological polar surface area (TPSA) is 67.6 Å². The molecule has 6 heteroatoms. The highest BCUT2D eigenvalue weighted by molar-refractivity contribution is 5.70. The lowest BCUT2D eigenvalue weighted by atomic mass is 9.90. The van der Waals surface area contributed by atoms with Gasteiger partial charge in [-0.1, -0.05) is 12.1 Å². The Hall–Kier alpha value is -2.50. The van der Waals surface area contributed by atoms with E-state index in [2.05, 4.69) is 5.10 Å². The molecule has 2 heterocycles. The molecule has 1 aromatic carbocycles. The summed E-state index contributed by atoms with van der Waals surface area (Å²) in [4.78, 5) is 12.4. The number of aromatic nitrogens is 2. The molecule has 0 unspecified atom stereocenters. The Kier molecular flexibility index (Phi) is 3.75. The second-order valence-electron chi connectivity index (χ2n) is 5.60. The lowest BCUT2D eigenvalue weighted by molar-refractivity contribution is 0.149. The highest BCUT2D eigenvalue weighted by Crippen LogP contribution is 2.40. The molecular weight excluding hydrogens is 282 g/mol. The maximum atomic E-state index is 11.1. The van der Waals surface area contributed by atoms with E-state index >= 15 is 0 Å². The molecule has 1 atom stereocenters. The van der Waals surface area contributed by atoms with Gasteiger partial charge in [-0.3, -0.25) is 4.68 Å². The van der Waals surface area contributed by atoms with Crippen LogP contribution in [0.25, 0.3) is 11.3 Å². The van der Waals surface area contributed by atoms with E-state index < -0.39 is 6.09 Å². The third-order valence-corrected chi connectivity index (χ3v) is 4.01. The van der Waals surface area contributed by atoms with Crippen molar-refractivity contribution in [3.63, 3.8) is 0 Å². The molecule has 1 aromatic heterocycles. The second kappa shape index (κ2) is 5.71. The van der Waals surface area contributed by atoms with Crippen LogP contribution in [0.2, 0.25) is 0 Å². The number of hydrogen-bond acceptors (Lipinski definition) is 3. The number of amides is 1. The largest absolute Gasteiger partial charge is 0.493 e. The zero-order valence-electron chi connectivity index (χ0n) is 12.7. The fraction of sp³-hybridized carbons (Fsp3) is 0.375. The molecule has 116 valence electrons. The average Bonchev–Trinajstić information content (AvgIpc) is 2.93. The van der Waals surface area contributed by atoms with Crippen LogP contribution in [0.3, 0.4) is 0 Å². The molecule has 1 N–H and O–H groups in total. The molecule has 1 amide bonds. The van der Waals surface area contributed by atoms with E-state index in [1.807, 2.05) is 37.5 Å². The highest BCUT2D eigenvalue weighted by Gasteiger charge is 2.26. The average molecular weight is 301 g/mol. The first kappa shape index (κ1) is 14.4. The molecule has 0 bridgehead atoms. The zero-order chi connectivity index (χ0) is 15.7. The van der Waals surface area contributed by atoms with Gasteiger partial charge in [0.1, 0.15) is 5.75 Å². The monoisotopic (exact) mass is 301 g/mol. The number of benzene rings is 1. The van der Waals surface area contributed by atoms with E-state index in [-0.39, 0.29) is 5.92 Å². The molecule has 22 heavy (non-hydrogen) atoms. The van der Waals surface area contributed by atoms with Gasteiger partial charge in [-0.2, -0.15) is 5.10 Å². The number of fused-ring (bicyclic) bond motifs is 1. The van der Waals surface area contributed by atoms with E-state index in [1.165, 1.54) is 4.90 Å². The van der Waals surface area contributed by atoms with Crippen molar-refractivity contribution in [2.75, 3.05) is 20.2 Å². The lowest BCUT2D eigenvalue weighted by Crippen LogP contribution is -2.31. The Balaban J connectivity index is 1.96. The van der Waals surface area contributed by atoms with Crippen molar-refractivity contribution in [2.24, 2.45) is 7.05 Å². The predicted octanol–water partition coefficient (Wildman–Crippen LogP) is 2.56. The van der Waals surface area contributed by atoms with Gasteiger partial charge in [-0.25, -0.2) is 4.79 Å². The number of nitrogens with zero attached hydrogens (tertiary/aromatic N) is 3. The van der Waals surface area contributed by atoms with Gasteiger partial charge in [0.2, 0.25) is 0 Å². The van der Waals surface area contributed by atoms with Crippen molar-refractivity contribution >= 4 is 6.09 Å². The summed E-state index contributed by atoms with van der Waals surface area (Å²) in [6.45, 7) is 1.06. The van der Waals surface area contributed by atoms with Crippen LogP contribution in [0.5, 0.6) is 5.75 Å². The summed E-state index contributed by atoms with van der Waals surface area (Å²) in [5, 5.41) is 13.5. The van der Waals surface area contributed by atoms with E-state index in [0.717, 1.165) is 29.0 Å². The van der Waals surface area contributed by atoms with Gasteiger partial charge in [-0.05, 0) is 24.1 Å². The van der Waals surface area contributed by atoms with Gasteiger partial charge in [0.15, 0.2) is 0 Å². The van der Waals surface area contributed by atoms with Crippen LogP contribution < -0.4 is 4.74 Å². The Morgan fingerprint density at radius 1 is 1.50 bits per heavy atom. The number of carboxylic acid groups (broad SMARTS) is 1. The number of carbonyl (C=O) groups is 1. The number of aryl methyl sites for hydroxylation is 1. The van der Waals surface area contributed by atoms with Gasteiger partial charge in [0.05, 0.1) is 12.3 Å². The third kappa shape index (κ3) is 2.64. The maximum Gasteiger partial charge on any atom is 0.407 e. The SMILES string of the molecule is CN(C[C@@H]1CCOc2c(-c3ccn(C)n3)cccc21)C(=O)O. The van der Waals surface area contributed by atoms with Crippen molar-refractivity contribution < 1.29 is 14.6 Å². The van der Waals surface area contributed by atoms with Gasteiger partial charge >= 0.3 is 6.09 Å². The molecule has 0 spiro atoms. The molecular formula is C16H19N3O3. The summed E-state index contributed by atoms with van der Waals surface area (Å²) in [5.41, 5.74) is 2.88. The summed E-state index contributed by atoms with van der Waals surface area (Å²) < 4.78 is 7.63. The quantitative estimate of drug-likeness (QED) is 0.946. The first-order valence-corrected chi connectivity index (χ1v) is 7.26. The Morgan fingerprint density at radius 3 is 3.00 bits per heavy atom. The van der Waals surface area contributed by atoms with Crippen molar-refractivity contribution in [3.8, 4) is 17.0 Å². The van der Waals surface area contributed by atoms with E-state index in [0.29, 0.717) is 13.2 Å². The lowest BCUT2D eigenvalue weighted by Gasteiger charge is -2.29. The number of rotatable bonds is 3. The summed E-state index contributed by atoms with van der Waals surface area (Å²) in [5.74, 6) is 0.977. The Labute approximate surface area is 128 Å². The predicted molar refractivity (Wildman–Crippen MR) is 82.2 cm³/mol. The minimum atomic E-state index is -0.908. The smallest absolute Gasteiger partial charge is 0.407 e. The fourth-order valence-electron chi connectivity index (χ4n) is 2.85. The number of hydrogen-bond donors (Lipinski definition) is 1. The van der Waals surface area contributed by atoms with Crippen LogP contribution in [-0.4, -0.2) is 46.1 Å². The van der Waals surface area contributed by atoms with E-state index in [1.54, 1.807) is 11.7 Å². The van der Waals surface area contributed by atoms with Crippen LogP contribution in [-0.2, 0) is 7.05 Å². The highest BCUT2D eigenvalue weighted by atomic mass is 16.5. The van der Waals surface area contributed by atoms with E-state index in [9.17, 15) is 4.79 Å². The van der Waals surface area contributed by atoms with Gasteiger partial charge in [-0.15, -0.1) is 0 Å². The summed E-state index contributed by atoms with van der Waals surface area (Å²) in [6.07, 6.45) is 1.80. The van der Waals surface area contributed by atoms with Crippen LogP contribution >= 0.6 is 0 Å². The molecule has 1 aliphatic rings. The minimum absolute atomic E-state index is 0.147. The molecule has 2 aromatic rings. The number of para-hydroxylation sites is 1. The van der Waals surface area contributed by atoms with Crippen molar-refractivity contribution in [1.29, 1.82) is 0 Å². The zero-order valence-corrected chi connectivity index (χ0v) is 12.7. The minimum Gasteiger partial charge on any atom is -0.493 e. The molecule has 0 radical (unpaired) electrons. The summed E-state index contributed by atoms with van der Waals surface area (Å²) >= 11 is 0. The standard InChI is InChI=1S/C16H19N3O3/c1-18(16(20)21)10-11-7-9-22-15-12(11)4-3-5-13(15)14-6-8-19(2)17-14/h3-6,8,11H,7,9-10H2,1-2H3,(H,20,21)/t11-/m0/s1. The second-order valence-corrected chi connectivity index (χ2v) is 5.60. The summed E-state index contributed by atoms with van der Waals surface area (Å²) in [7, 11) is 3.48. The van der Waals surface area contributed by atoms with Crippen molar-refractivity contribution in [1.82, 2.24) is 14.7 Å². The fourth-order valence-corrected chi connectivity index (χ4v) is 2.85. The first-order valence-electron chi connectivity index (χ1n) is 7.26. The Morgan fingerprint density at radius 2 is 2.32 bits per heavy atom. The molecule has 0 fully saturated rings. The van der Waals surface area contributed by atoms with Crippen molar-refractivity contribution in [2.45, 2.75) is 12.3 Å². The first-order chi connectivity index (χ1) is 10.6. The van der Waals surface area contributed by atoms with Gasteiger partial charge < -0.3 is 14.7 Å². The number of ether oxygens (including phenoxy) is 1. The van der Waals surface area contributed by atoms with Crippen LogP contribution in [0.4, 0.5) is 4.79 Å². The molecule has 1 aliphatic heterocycles. The summed E-state index contributed by atoms with van der Waals surface area (Å²) in [6, 6.07) is 7.93. The molecule has 6 nitrogen and oxygen atoms in total. The number of likely N-dealkylation sites (N-methyl/N-ethyl adjacent to an activating group) is 1. The van der Waals surface area contributed by atoms with E-state index in [4.69, 9.17) is 9.84 Å². The Bertz CT molecular complexity index is 696. The van der Waals surface area contributed by atoms with Crippen LogP contribution in [0, 0.1) is 0 Å². The van der Waals surface area contributed by atoms with Crippen LogP contribution in [0.1, 0.15) is 17.9 Å². The molecule has 0 saturated carbocycles. The van der Waals surface area contributed by atoms with Crippen LogP contribution in [0.15, 0.2) is 30.5 Å².